The van der Waals surface area contributed by atoms with E-state index in [4.69, 9.17) is 5.73 Å². The van der Waals surface area contributed by atoms with Gasteiger partial charge in [0.1, 0.15) is 5.82 Å². The highest BCUT2D eigenvalue weighted by Gasteiger charge is 2.26. The van der Waals surface area contributed by atoms with E-state index in [1.165, 1.54) is 0 Å². The standard InChI is InChI=1S/C9H12F3N3/c1-6-2-3-7(13)8(15-6)14-5-4-9(10,11)12/h2-3H,4-5,13H2,1H3,(H,14,15). The van der Waals surface area contributed by atoms with E-state index in [9.17, 15) is 13.2 Å². The molecule has 15 heavy (non-hydrogen) atoms. The zero-order chi connectivity index (χ0) is 11.5. The van der Waals surface area contributed by atoms with Gasteiger partial charge in [-0.15, -0.1) is 0 Å². The molecule has 0 atom stereocenters. The first-order valence-corrected chi connectivity index (χ1v) is 4.42. The van der Waals surface area contributed by atoms with Crippen LogP contribution in [0.2, 0.25) is 0 Å². The Morgan fingerprint density at radius 1 is 1.40 bits per heavy atom. The molecular weight excluding hydrogens is 207 g/mol. The van der Waals surface area contributed by atoms with E-state index in [-0.39, 0.29) is 6.54 Å². The van der Waals surface area contributed by atoms with Gasteiger partial charge in [0, 0.05) is 12.2 Å². The minimum Gasteiger partial charge on any atom is -0.396 e. The van der Waals surface area contributed by atoms with E-state index >= 15 is 0 Å². The molecule has 1 rings (SSSR count). The van der Waals surface area contributed by atoms with Crippen molar-refractivity contribution in [1.29, 1.82) is 0 Å². The molecule has 0 bridgehead atoms. The fraction of sp³-hybridized carbons (Fsp3) is 0.444. The van der Waals surface area contributed by atoms with E-state index in [0.717, 1.165) is 0 Å². The van der Waals surface area contributed by atoms with Crippen molar-refractivity contribution in [1.82, 2.24) is 4.98 Å². The first-order valence-electron chi connectivity index (χ1n) is 4.42. The van der Waals surface area contributed by atoms with E-state index in [1.807, 2.05) is 0 Å². The van der Waals surface area contributed by atoms with E-state index in [1.54, 1.807) is 19.1 Å². The summed E-state index contributed by atoms with van der Waals surface area (Å²) in [6.07, 6.45) is -5.06. The third-order valence-corrected chi connectivity index (χ3v) is 1.77. The number of nitrogens with two attached hydrogens (primary N) is 1. The number of hydrogen-bond acceptors (Lipinski definition) is 3. The number of nitrogen functional groups attached to an aromatic ring is 1. The zero-order valence-electron chi connectivity index (χ0n) is 8.23. The third-order valence-electron chi connectivity index (χ3n) is 1.77. The first-order chi connectivity index (χ1) is 6.88. The lowest BCUT2D eigenvalue weighted by atomic mass is 10.3. The predicted octanol–water partition coefficient (Wildman–Crippen LogP) is 2.34. The second kappa shape index (κ2) is 4.37. The van der Waals surface area contributed by atoms with Crippen LogP contribution in [0.1, 0.15) is 12.1 Å². The molecule has 0 aliphatic carbocycles. The number of rotatable bonds is 3. The first kappa shape index (κ1) is 11.6. The molecule has 3 nitrogen and oxygen atoms in total. The summed E-state index contributed by atoms with van der Waals surface area (Å²) in [6.45, 7) is 1.53. The molecule has 1 aromatic heterocycles. The fourth-order valence-corrected chi connectivity index (χ4v) is 1.03. The normalized spacial score (nSPS) is 11.5. The highest BCUT2D eigenvalue weighted by atomic mass is 19.4. The Morgan fingerprint density at radius 3 is 2.67 bits per heavy atom. The van der Waals surface area contributed by atoms with E-state index < -0.39 is 12.6 Å². The van der Waals surface area contributed by atoms with Gasteiger partial charge in [-0.2, -0.15) is 13.2 Å². The number of alkyl halides is 3. The van der Waals surface area contributed by atoms with Crippen LogP contribution in [0.3, 0.4) is 0 Å². The maximum Gasteiger partial charge on any atom is 0.390 e. The van der Waals surface area contributed by atoms with Crippen molar-refractivity contribution < 1.29 is 13.2 Å². The lowest BCUT2D eigenvalue weighted by Gasteiger charge is -2.10. The quantitative estimate of drug-likeness (QED) is 0.820. The van der Waals surface area contributed by atoms with Crippen molar-refractivity contribution in [3.05, 3.63) is 17.8 Å². The fourth-order valence-electron chi connectivity index (χ4n) is 1.03. The smallest absolute Gasteiger partial charge is 0.390 e. The molecule has 0 saturated heterocycles. The van der Waals surface area contributed by atoms with Crippen LogP contribution in [0.4, 0.5) is 24.7 Å². The number of anilines is 2. The van der Waals surface area contributed by atoms with Crippen LogP contribution in [-0.2, 0) is 0 Å². The third kappa shape index (κ3) is 4.05. The monoisotopic (exact) mass is 219 g/mol. The number of aryl methyl sites for hydroxylation is 1. The second-order valence-electron chi connectivity index (χ2n) is 3.18. The average Bonchev–Trinajstić information content (AvgIpc) is 2.09. The molecule has 0 amide bonds. The van der Waals surface area contributed by atoms with Crippen LogP contribution in [0.5, 0.6) is 0 Å². The molecule has 0 aromatic carbocycles. The minimum atomic E-state index is -4.16. The van der Waals surface area contributed by atoms with Crippen LogP contribution in [0.25, 0.3) is 0 Å². The Kier molecular flexibility index (Phi) is 3.39. The Balaban J connectivity index is 2.54. The van der Waals surface area contributed by atoms with Crippen molar-refractivity contribution in [2.75, 3.05) is 17.6 Å². The molecular formula is C9H12F3N3. The van der Waals surface area contributed by atoms with Crippen molar-refractivity contribution in [3.8, 4) is 0 Å². The van der Waals surface area contributed by atoms with Crippen molar-refractivity contribution in [2.24, 2.45) is 0 Å². The average molecular weight is 219 g/mol. The van der Waals surface area contributed by atoms with E-state index in [2.05, 4.69) is 10.3 Å². The molecule has 1 heterocycles. The lowest BCUT2D eigenvalue weighted by molar-refractivity contribution is -0.131. The minimum absolute atomic E-state index is 0.218. The highest BCUT2D eigenvalue weighted by Crippen LogP contribution is 2.20. The molecule has 0 unspecified atom stereocenters. The van der Waals surface area contributed by atoms with Gasteiger partial charge < -0.3 is 11.1 Å². The molecule has 0 fully saturated rings. The zero-order valence-corrected chi connectivity index (χ0v) is 8.23. The van der Waals surface area contributed by atoms with Gasteiger partial charge in [0.05, 0.1) is 12.1 Å². The number of hydrogen-bond donors (Lipinski definition) is 2. The Morgan fingerprint density at radius 2 is 2.07 bits per heavy atom. The summed E-state index contributed by atoms with van der Waals surface area (Å²) in [5.74, 6) is 0.305. The maximum absolute atomic E-state index is 11.8. The summed E-state index contributed by atoms with van der Waals surface area (Å²) < 4.78 is 35.5. The topological polar surface area (TPSA) is 50.9 Å². The number of nitrogens with zero attached hydrogens (tertiary/aromatic N) is 1. The van der Waals surface area contributed by atoms with Crippen molar-refractivity contribution >= 4 is 11.5 Å². The molecule has 3 N–H and O–H groups in total. The molecule has 0 spiro atoms. The van der Waals surface area contributed by atoms with Crippen LogP contribution in [0, 0.1) is 6.92 Å². The number of nitrogens with one attached hydrogen (secondary N) is 1. The SMILES string of the molecule is Cc1ccc(N)c(NCCC(F)(F)F)n1. The summed E-state index contributed by atoms with van der Waals surface area (Å²) in [7, 11) is 0. The van der Waals surface area contributed by atoms with Gasteiger partial charge in [-0.05, 0) is 19.1 Å². The lowest BCUT2D eigenvalue weighted by Crippen LogP contribution is -2.16. The van der Waals surface area contributed by atoms with Gasteiger partial charge in [-0.25, -0.2) is 4.98 Å². The molecule has 0 aliphatic rings. The summed E-state index contributed by atoms with van der Waals surface area (Å²) in [4.78, 5) is 3.99. The molecule has 1 aromatic rings. The predicted molar refractivity (Wildman–Crippen MR) is 52.5 cm³/mol. The highest BCUT2D eigenvalue weighted by molar-refractivity contribution is 5.61. The number of pyridine rings is 1. The molecule has 0 saturated carbocycles. The summed E-state index contributed by atoms with van der Waals surface area (Å²) in [6, 6.07) is 3.31. The van der Waals surface area contributed by atoms with Gasteiger partial charge >= 0.3 is 6.18 Å². The van der Waals surface area contributed by atoms with Gasteiger partial charge in [0.2, 0.25) is 0 Å². The number of halogens is 3. The van der Waals surface area contributed by atoms with Crippen LogP contribution in [0.15, 0.2) is 12.1 Å². The van der Waals surface area contributed by atoms with Gasteiger partial charge in [-0.1, -0.05) is 0 Å². The summed E-state index contributed by atoms with van der Waals surface area (Å²) in [5, 5.41) is 2.55. The van der Waals surface area contributed by atoms with Crippen molar-refractivity contribution in [3.63, 3.8) is 0 Å². The largest absolute Gasteiger partial charge is 0.396 e. The Hall–Kier alpha value is -1.46. The number of aromatic nitrogens is 1. The van der Waals surface area contributed by atoms with Crippen LogP contribution >= 0.6 is 0 Å². The van der Waals surface area contributed by atoms with Gasteiger partial charge in [0.25, 0.3) is 0 Å². The second-order valence-corrected chi connectivity index (χ2v) is 3.18. The Labute approximate surface area is 85.5 Å². The maximum atomic E-state index is 11.8. The molecule has 0 radical (unpaired) electrons. The van der Waals surface area contributed by atoms with Crippen LogP contribution < -0.4 is 11.1 Å². The van der Waals surface area contributed by atoms with Crippen molar-refractivity contribution in [2.45, 2.75) is 19.5 Å². The molecule has 84 valence electrons. The summed E-state index contributed by atoms with van der Waals surface area (Å²) in [5.41, 5.74) is 6.59. The molecule has 6 heteroatoms. The van der Waals surface area contributed by atoms with Crippen LogP contribution in [-0.4, -0.2) is 17.7 Å². The molecule has 0 aliphatic heterocycles. The van der Waals surface area contributed by atoms with E-state index in [0.29, 0.717) is 17.2 Å². The summed E-state index contributed by atoms with van der Waals surface area (Å²) >= 11 is 0. The van der Waals surface area contributed by atoms with Gasteiger partial charge in [-0.3, -0.25) is 0 Å². The Bertz CT molecular complexity index is 336. The van der Waals surface area contributed by atoms with Gasteiger partial charge in [0.15, 0.2) is 0 Å².